The highest BCUT2D eigenvalue weighted by molar-refractivity contribution is 6.03. The minimum absolute atomic E-state index is 0.0694. The van der Waals surface area contributed by atoms with Crippen LogP contribution in [0.25, 0.3) is 22.3 Å². The molecule has 0 aliphatic carbocycles. The molecule has 2 aromatic carbocycles. The first-order valence-electron chi connectivity index (χ1n) is 10.6. The summed E-state index contributed by atoms with van der Waals surface area (Å²) in [5.41, 5.74) is 2.19. The molecule has 8 heteroatoms. The molecular formula is C24H25N3O5. The van der Waals surface area contributed by atoms with Crippen molar-refractivity contribution in [1.82, 2.24) is 9.97 Å². The molecule has 0 saturated carbocycles. The Kier molecular flexibility index (Phi) is 6.20. The van der Waals surface area contributed by atoms with Crippen molar-refractivity contribution in [3.63, 3.8) is 0 Å². The summed E-state index contributed by atoms with van der Waals surface area (Å²) in [5, 5.41) is 0.390. The van der Waals surface area contributed by atoms with Crippen LogP contribution in [0.15, 0.2) is 36.4 Å². The Hall–Kier alpha value is -3.68. The number of ether oxygens (including phenoxy) is 3. The second-order valence-electron chi connectivity index (χ2n) is 7.60. The Morgan fingerprint density at radius 2 is 1.62 bits per heavy atom. The van der Waals surface area contributed by atoms with Crippen LogP contribution in [-0.2, 0) is 9.59 Å². The number of nitrogens with zero attached hydrogens (tertiary/aromatic N) is 3. The molecule has 0 atom stereocenters. The smallest absolute Gasteiger partial charge is 0.308 e. The summed E-state index contributed by atoms with van der Waals surface area (Å²) in [6.07, 6.45) is 3.25. The predicted molar refractivity (Wildman–Crippen MR) is 120 cm³/mol. The summed E-state index contributed by atoms with van der Waals surface area (Å²) < 4.78 is 16.6. The minimum atomic E-state index is -0.556. The van der Waals surface area contributed by atoms with E-state index in [1.165, 1.54) is 21.0 Å². The maximum Gasteiger partial charge on any atom is 0.308 e. The van der Waals surface area contributed by atoms with Gasteiger partial charge in [0.15, 0.2) is 17.3 Å². The maximum atomic E-state index is 11.9. The molecule has 0 bridgehead atoms. The zero-order valence-electron chi connectivity index (χ0n) is 18.4. The first-order chi connectivity index (χ1) is 15.5. The molecule has 0 N–H and O–H groups in total. The molecule has 0 amide bonds. The van der Waals surface area contributed by atoms with E-state index < -0.39 is 11.9 Å². The van der Waals surface area contributed by atoms with E-state index in [0.29, 0.717) is 16.7 Å². The van der Waals surface area contributed by atoms with Gasteiger partial charge in [0.1, 0.15) is 10.9 Å². The maximum absolute atomic E-state index is 11.9. The number of anilines is 1. The van der Waals surface area contributed by atoms with Crippen LogP contribution in [0.3, 0.4) is 0 Å². The number of esters is 2. The zero-order valence-corrected chi connectivity index (χ0v) is 18.4. The van der Waals surface area contributed by atoms with Gasteiger partial charge in [-0.25, -0.2) is 4.98 Å². The van der Waals surface area contributed by atoms with Crippen LogP contribution in [0.4, 0.5) is 5.69 Å². The number of fused-ring (bicyclic) bond motifs is 1. The van der Waals surface area contributed by atoms with Gasteiger partial charge in [-0.3, -0.25) is 9.59 Å². The minimum Gasteiger partial charge on any atom is -0.480 e. The number of rotatable bonds is 5. The van der Waals surface area contributed by atoms with Crippen LogP contribution >= 0.6 is 0 Å². The number of benzene rings is 2. The summed E-state index contributed by atoms with van der Waals surface area (Å²) >= 11 is 0. The number of carbonyl (C=O) groups excluding carboxylic acids is 2. The Bertz CT molecular complexity index is 1160. The molecule has 0 radical (unpaired) electrons. The van der Waals surface area contributed by atoms with Gasteiger partial charge >= 0.3 is 11.9 Å². The molecule has 1 saturated heterocycles. The van der Waals surface area contributed by atoms with Gasteiger partial charge in [0.2, 0.25) is 5.88 Å². The lowest BCUT2D eigenvalue weighted by atomic mass is 10.1. The number of piperidine rings is 1. The first kappa shape index (κ1) is 21.5. The molecule has 1 fully saturated rings. The average molecular weight is 435 g/mol. The lowest BCUT2D eigenvalue weighted by Gasteiger charge is -2.30. The summed E-state index contributed by atoms with van der Waals surface area (Å²) in [5.74, 6) is -0.155. The second kappa shape index (κ2) is 9.21. The topological polar surface area (TPSA) is 90.9 Å². The van der Waals surface area contributed by atoms with Crippen LogP contribution in [-0.4, -0.2) is 42.1 Å². The van der Waals surface area contributed by atoms with E-state index in [9.17, 15) is 9.59 Å². The van der Waals surface area contributed by atoms with Crippen LogP contribution in [0.1, 0.15) is 33.1 Å². The molecule has 1 aliphatic heterocycles. The second-order valence-corrected chi connectivity index (χ2v) is 7.60. The standard InChI is InChI=1S/C24H25N3O5/c1-15(28)31-19-14-18(27-12-8-5-9-13-27)21-20(22(19)32-16(2)29)24(30-3)26-23(25-21)17-10-6-4-7-11-17/h4,6-7,10-11,14H,5,8-9,12-13H2,1-3H3. The van der Waals surface area contributed by atoms with Crippen LogP contribution < -0.4 is 19.1 Å². The van der Waals surface area contributed by atoms with Gasteiger partial charge in [-0.15, -0.1) is 0 Å². The molecule has 3 aromatic rings. The molecule has 8 nitrogen and oxygen atoms in total. The van der Waals surface area contributed by atoms with Crippen molar-refractivity contribution in [3.8, 4) is 28.8 Å². The fourth-order valence-electron chi connectivity index (χ4n) is 3.93. The Labute approximate surface area is 186 Å². The van der Waals surface area contributed by atoms with Gasteiger partial charge in [-0.1, -0.05) is 30.3 Å². The number of carbonyl (C=O) groups is 2. The highest BCUT2D eigenvalue weighted by Crippen LogP contribution is 2.46. The lowest BCUT2D eigenvalue weighted by molar-refractivity contribution is -0.134. The third-order valence-corrected chi connectivity index (χ3v) is 5.26. The van der Waals surface area contributed by atoms with Gasteiger partial charge in [-0.05, 0) is 19.3 Å². The third kappa shape index (κ3) is 4.34. The number of hydrogen-bond acceptors (Lipinski definition) is 8. The van der Waals surface area contributed by atoms with Crippen LogP contribution in [0.2, 0.25) is 0 Å². The van der Waals surface area contributed by atoms with E-state index in [1.54, 1.807) is 6.07 Å². The van der Waals surface area contributed by atoms with E-state index in [0.717, 1.165) is 43.6 Å². The van der Waals surface area contributed by atoms with Crippen molar-refractivity contribution in [3.05, 3.63) is 36.4 Å². The fourth-order valence-corrected chi connectivity index (χ4v) is 3.93. The van der Waals surface area contributed by atoms with Crippen molar-refractivity contribution in [2.45, 2.75) is 33.1 Å². The van der Waals surface area contributed by atoms with Crippen molar-refractivity contribution < 1.29 is 23.8 Å². The monoisotopic (exact) mass is 435 g/mol. The van der Waals surface area contributed by atoms with Gasteiger partial charge in [-0.2, -0.15) is 4.98 Å². The Balaban J connectivity index is 2.06. The van der Waals surface area contributed by atoms with E-state index in [1.807, 2.05) is 30.3 Å². The quantitative estimate of drug-likeness (QED) is 0.436. The molecule has 166 valence electrons. The molecule has 0 unspecified atom stereocenters. The van der Waals surface area contributed by atoms with Gasteiger partial charge in [0.05, 0.1) is 12.8 Å². The van der Waals surface area contributed by atoms with Gasteiger partial charge in [0, 0.05) is 38.6 Å². The first-order valence-corrected chi connectivity index (χ1v) is 10.6. The normalized spacial score (nSPS) is 13.7. The average Bonchev–Trinajstić information content (AvgIpc) is 2.80. The van der Waals surface area contributed by atoms with Gasteiger partial charge < -0.3 is 19.1 Å². The van der Waals surface area contributed by atoms with Crippen molar-refractivity contribution >= 4 is 28.5 Å². The van der Waals surface area contributed by atoms with Gasteiger partial charge in [0.25, 0.3) is 0 Å². The Morgan fingerprint density at radius 1 is 0.938 bits per heavy atom. The van der Waals surface area contributed by atoms with Crippen molar-refractivity contribution in [1.29, 1.82) is 0 Å². The molecular weight excluding hydrogens is 410 g/mol. The highest BCUT2D eigenvalue weighted by atomic mass is 16.6. The summed E-state index contributed by atoms with van der Waals surface area (Å²) in [6.45, 7) is 4.27. The van der Waals surface area contributed by atoms with Crippen molar-refractivity contribution in [2.75, 3.05) is 25.1 Å². The molecule has 2 heterocycles. The summed E-state index contributed by atoms with van der Waals surface area (Å²) in [4.78, 5) is 35.4. The van der Waals surface area contributed by atoms with E-state index in [-0.39, 0.29) is 17.4 Å². The molecule has 4 rings (SSSR count). The number of hydrogen-bond donors (Lipinski definition) is 0. The van der Waals surface area contributed by atoms with E-state index >= 15 is 0 Å². The number of aromatic nitrogens is 2. The molecule has 0 spiro atoms. The zero-order chi connectivity index (χ0) is 22.7. The summed E-state index contributed by atoms with van der Waals surface area (Å²) in [6, 6.07) is 11.3. The largest absolute Gasteiger partial charge is 0.480 e. The predicted octanol–water partition coefficient (Wildman–Crippen LogP) is 4.15. The Morgan fingerprint density at radius 3 is 2.25 bits per heavy atom. The SMILES string of the molecule is COc1nc(-c2ccccc2)nc2c(N3CCCCC3)cc(OC(C)=O)c(OC(C)=O)c12. The van der Waals surface area contributed by atoms with Crippen LogP contribution in [0.5, 0.6) is 17.4 Å². The van der Waals surface area contributed by atoms with E-state index in [2.05, 4.69) is 9.88 Å². The fraction of sp³-hybridized carbons (Fsp3) is 0.333. The molecule has 32 heavy (non-hydrogen) atoms. The molecule has 1 aliphatic rings. The third-order valence-electron chi connectivity index (χ3n) is 5.26. The van der Waals surface area contributed by atoms with Crippen LogP contribution in [0, 0.1) is 0 Å². The lowest BCUT2D eigenvalue weighted by Crippen LogP contribution is -2.30. The number of methoxy groups -OCH3 is 1. The summed E-state index contributed by atoms with van der Waals surface area (Å²) in [7, 11) is 1.49. The molecule has 1 aromatic heterocycles. The van der Waals surface area contributed by atoms with E-state index in [4.69, 9.17) is 19.2 Å². The highest BCUT2D eigenvalue weighted by Gasteiger charge is 2.27. The van der Waals surface area contributed by atoms with Crippen molar-refractivity contribution in [2.24, 2.45) is 0 Å².